The second-order valence-electron chi connectivity index (χ2n) is 5.58. The van der Waals surface area contributed by atoms with Crippen molar-refractivity contribution in [3.8, 4) is 0 Å². The lowest BCUT2D eigenvalue weighted by atomic mass is 9.97. The van der Waals surface area contributed by atoms with Crippen LogP contribution in [0.2, 0.25) is 0 Å². The van der Waals surface area contributed by atoms with Gasteiger partial charge >= 0.3 is 0 Å². The van der Waals surface area contributed by atoms with Crippen molar-refractivity contribution in [1.82, 2.24) is 6.15 Å². The molecule has 0 amide bonds. The van der Waals surface area contributed by atoms with Crippen LogP contribution in [0.25, 0.3) is 0 Å². The maximum absolute atomic E-state index is 9.37. The predicted molar refractivity (Wildman–Crippen MR) is 101 cm³/mol. The first-order valence-electron chi connectivity index (χ1n) is 8.18. The van der Waals surface area contributed by atoms with Gasteiger partial charge in [0.15, 0.2) is 6.29 Å². The quantitative estimate of drug-likeness (QED) is 0.183. The molecule has 0 bridgehead atoms. The molecule has 0 aromatic rings. The average molecular weight is 432 g/mol. The lowest BCUT2D eigenvalue weighted by molar-refractivity contribution is -0.315. The minimum Gasteiger partial charge on any atom is -0.394 e. The molecule has 29 heavy (non-hydrogen) atoms. The van der Waals surface area contributed by atoms with Crippen molar-refractivity contribution >= 4 is 0 Å². The molecular weight excluding hydrogens is 396 g/mol. The molecule has 2 aliphatic rings. The SMILES string of the molecule is C=C.C=C.N.NCC1(O)OCC(O)C(O)C1O.OCC1OC(O)C(O)C(O)C1O. The molecule has 176 valence electrons. The van der Waals surface area contributed by atoms with Crippen LogP contribution in [0.3, 0.4) is 0 Å². The van der Waals surface area contributed by atoms with Gasteiger partial charge in [-0.3, -0.25) is 0 Å². The van der Waals surface area contributed by atoms with Crippen molar-refractivity contribution in [3.63, 3.8) is 0 Å². The summed E-state index contributed by atoms with van der Waals surface area (Å²) in [6, 6.07) is 0. The van der Waals surface area contributed by atoms with Crippen LogP contribution in [0.1, 0.15) is 0 Å². The van der Waals surface area contributed by atoms with Crippen LogP contribution in [-0.4, -0.2) is 121 Å². The minimum atomic E-state index is -1.95. The normalized spacial score (nSPS) is 41.0. The summed E-state index contributed by atoms with van der Waals surface area (Å²) in [6.07, 6.45) is -11.2. The van der Waals surface area contributed by atoms with Crippen LogP contribution in [0.15, 0.2) is 26.3 Å². The van der Waals surface area contributed by atoms with E-state index in [-0.39, 0.29) is 19.3 Å². The van der Waals surface area contributed by atoms with Gasteiger partial charge in [0, 0.05) is 6.54 Å². The molecule has 0 spiro atoms. The van der Waals surface area contributed by atoms with Crippen LogP contribution in [-0.2, 0) is 9.47 Å². The Morgan fingerprint density at radius 2 is 1.34 bits per heavy atom. The third-order valence-corrected chi connectivity index (χ3v) is 3.84. The highest BCUT2D eigenvalue weighted by Crippen LogP contribution is 2.22. The molecule has 0 aromatic heterocycles. The number of aliphatic hydroxyl groups is 9. The zero-order chi connectivity index (χ0) is 22.7. The van der Waals surface area contributed by atoms with Crippen LogP contribution in [0, 0.1) is 0 Å². The Hall–Kier alpha value is -1.04. The molecule has 2 fully saturated rings. The van der Waals surface area contributed by atoms with E-state index in [0.29, 0.717) is 0 Å². The van der Waals surface area contributed by atoms with E-state index in [1.807, 2.05) is 0 Å². The second-order valence-corrected chi connectivity index (χ2v) is 5.58. The molecule has 13 nitrogen and oxygen atoms in total. The molecule has 2 heterocycles. The Bertz CT molecular complexity index is 416. The monoisotopic (exact) mass is 432 g/mol. The third-order valence-electron chi connectivity index (χ3n) is 3.84. The fourth-order valence-corrected chi connectivity index (χ4v) is 2.15. The second kappa shape index (κ2) is 15.8. The summed E-state index contributed by atoms with van der Waals surface area (Å²) in [5.74, 6) is -1.95. The van der Waals surface area contributed by atoms with E-state index in [1.165, 1.54) is 0 Å². The molecule has 2 rings (SSSR count). The van der Waals surface area contributed by atoms with E-state index < -0.39 is 61.4 Å². The van der Waals surface area contributed by atoms with Gasteiger partial charge in [-0.1, -0.05) is 0 Å². The molecule has 0 aromatic carbocycles. The van der Waals surface area contributed by atoms with E-state index in [2.05, 4.69) is 35.8 Å². The fourth-order valence-electron chi connectivity index (χ4n) is 2.15. The first-order valence-corrected chi connectivity index (χ1v) is 8.18. The molecule has 2 aliphatic heterocycles. The predicted octanol–water partition coefficient (Wildman–Crippen LogP) is -4.71. The molecule has 13 heteroatoms. The maximum atomic E-state index is 9.37. The van der Waals surface area contributed by atoms with Crippen molar-refractivity contribution in [2.45, 2.75) is 54.8 Å². The number of rotatable bonds is 2. The van der Waals surface area contributed by atoms with Gasteiger partial charge in [-0.15, -0.1) is 26.3 Å². The van der Waals surface area contributed by atoms with Crippen molar-refractivity contribution in [3.05, 3.63) is 26.3 Å². The summed E-state index contributed by atoms with van der Waals surface area (Å²) in [4.78, 5) is 0. The van der Waals surface area contributed by atoms with Crippen molar-refractivity contribution < 1.29 is 55.4 Å². The molecule has 9 atom stereocenters. The summed E-state index contributed by atoms with van der Waals surface area (Å²) in [5.41, 5.74) is 5.11. The number of nitrogens with two attached hydrogens (primary N) is 1. The summed E-state index contributed by atoms with van der Waals surface area (Å²) in [5, 5.41) is 81.3. The van der Waals surface area contributed by atoms with Gasteiger partial charge in [0.25, 0.3) is 0 Å². The van der Waals surface area contributed by atoms with Crippen molar-refractivity contribution in [2.75, 3.05) is 19.8 Å². The van der Waals surface area contributed by atoms with Gasteiger partial charge in [0.05, 0.1) is 13.2 Å². The Labute approximate surface area is 169 Å². The van der Waals surface area contributed by atoms with Crippen molar-refractivity contribution in [2.24, 2.45) is 5.73 Å². The van der Waals surface area contributed by atoms with Crippen LogP contribution in [0.4, 0.5) is 0 Å². The highest BCUT2D eigenvalue weighted by Gasteiger charge is 2.47. The number of aliphatic hydroxyl groups excluding tert-OH is 8. The van der Waals surface area contributed by atoms with Crippen LogP contribution < -0.4 is 11.9 Å². The zero-order valence-corrected chi connectivity index (χ0v) is 16.2. The minimum absolute atomic E-state index is 0. The molecule has 2 saturated heterocycles. The smallest absolute Gasteiger partial charge is 0.207 e. The van der Waals surface area contributed by atoms with Crippen molar-refractivity contribution in [1.29, 1.82) is 0 Å². The first-order chi connectivity index (χ1) is 13.1. The lowest BCUT2D eigenvalue weighted by Gasteiger charge is -2.40. The Kier molecular flexibility index (Phi) is 17.7. The molecule has 0 saturated carbocycles. The summed E-state index contributed by atoms with van der Waals surface area (Å²) in [6.45, 7) is 10.9. The third kappa shape index (κ3) is 8.69. The first kappa shape index (κ1) is 32.6. The number of hydrogen-bond acceptors (Lipinski definition) is 13. The van der Waals surface area contributed by atoms with Gasteiger partial charge in [-0.05, 0) is 0 Å². The van der Waals surface area contributed by atoms with Gasteiger partial charge in [0.2, 0.25) is 5.79 Å². The Balaban J connectivity index is -0.000000386. The Morgan fingerprint density at radius 1 is 0.862 bits per heavy atom. The fraction of sp³-hybridized carbons (Fsp3) is 0.750. The van der Waals surface area contributed by atoms with E-state index in [0.717, 1.165) is 0 Å². The standard InChI is InChI=1S/C6H13NO5.C6H12O6.2C2H4.H3N/c7-2-6(11)5(10)4(9)3(8)1-12-6;7-1-2-3(8)4(9)5(10)6(11)12-2;2*1-2;/h3-5,8-11H,1-2,7H2;2-11H,1H2;2*1-2H2;1H3. The van der Waals surface area contributed by atoms with E-state index in [4.69, 9.17) is 41.5 Å². The molecular formula is C16H36N2O11. The highest BCUT2D eigenvalue weighted by molar-refractivity contribution is 4.92. The lowest BCUT2D eigenvalue weighted by Crippen LogP contribution is -2.63. The summed E-state index contributed by atoms with van der Waals surface area (Å²) >= 11 is 0. The van der Waals surface area contributed by atoms with Crippen LogP contribution in [0.5, 0.6) is 0 Å². The summed E-state index contributed by atoms with van der Waals surface area (Å²) in [7, 11) is 0. The number of hydrogen-bond donors (Lipinski definition) is 11. The number of ether oxygens (including phenoxy) is 2. The van der Waals surface area contributed by atoms with E-state index >= 15 is 0 Å². The van der Waals surface area contributed by atoms with E-state index in [9.17, 15) is 10.2 Å². The van der Waals surface area contributed by atoms with Gasteiger partial charge in [0.1, 0.15) is 42.7 Å². The Morgan fingerprint density at radius 3 is 1.76 bits per heavy atom. The molecule has 0 aliphatic carbocycles. The molecule has 0 radical (unpaired) electrons. The van der Waals surface area contributed by atoms with Gasteiger partial charge in [-0.2, -0.15) is 0 Å². The topological polar surface area (TPSA) is 262 Å². The summed E-state index contributed by atoms with van der Waals surface area (Å²) < 4.78 is 9.26. The highest BCUT2D eigenvalue weighted by atomic mass is 16.7. The van der Waals surface area contributed by atoms with Crippen LogP contribution >= 0.6 is 0 Å². The average Bonchev–Trinajstić information content (AvgIpc) is 2.74. The maximum Gasteiger partial charge on any atom is 0.207 e. The zero-order valence-electron chi connectivity index (χ0n) is 16.2. The largest absolute Gasteiger partial charge is 0.394 e. The molecule has 14 N–H and O–H groups in total. The van der Waals surface area contributed by atoms with E-state index in [1.54, 1.807) is 0 Å². The van der Waals surface area contributed by atoms with Gasteiger partial charge in [-0.25, -0.2) is 0 Å². The van der Waals surface area contributed by atoms with Gasteiger partial charge < -0.3 is 67.3 Å². The molecule has 9 unspecified atom stereocenters.